The molecule has 0 fully saturated rings. The van der Waals surface area contributed by atoms with Crippen molar-refractivity contribution in [2.24, 2.45) is 0 Å². The molecule has 0 saturated carbocycles. The van der Waals surface area contributed by atoms with Gasteiger partial charge in [-0.3, -0.25) is 4.79 Å². The van der Waals surface area contributed by atoms with Gasteiger partial charge < -0.3 is 4.90 Å². The molecular formula is C24H22Br2N2O3S. The van der Waals surface area contributed by atoms with E-state index in [4.69, 9.17) is 0 Å². The maximum Gasteiger partial charge on any atom is 0.259 e. The molecule has 0 aromatic heterocycles. The molecule has 0 N–H and O–H groups in total. The number of anilines is 1. The maximum atomic E-state index is 13.4. The van der Waals surface area contributed by atoms with Crippen LogP contribution in [0.4, 0.5) is 5.69 Å². The molecule has 3 aromatic rings. The molecule has 0 bridgehead atoms. The first-order valence-corrected chi connectivity index (χ1v) is 13.2. The van der Waals surface area contributed by atoms with Gasteiger partial charge in [0.05, 0.1) is 10.5 Å². The topological polar surface area (TPSA) is 57.7 Å². The number of carbonyl (C=O) groups is 1. The third-order valence-corrected chi connectivity index (χ3v) is 8.58. The van der Waals surface area contributed by atoms with Crippen molar-refractivity contribution in [1.29, 1.82) is 0 Å². The minimum Gasteiger partial charge on any atom is -0.308 e. The summed E-state index contributed by atoms with van der Waals surface area (Å²) >= 11 is 6.83. The van der Waals surface area contributed by atoms with Gasteiger partial charge in [0.2, 0.25) is 10.0 Å². The molecule has 0 aliphatic carbocycles. The molecule has 0 saturated heterocycles. The highest BCUT2D eigenvalue weighted by molar-refractivity contribution is 9.10. The zero-order valence-electron chi connectivity index (χ0n) is 17.5. The molecule has 0 atom stereocenters. The predicted octanol–water partition coefficient (Wildman–Crippen LogP) is 5.63. The number of carbonyl (C=O) groups excluding carboxylic acids is 1. The SMILES string of the molecule is CN(Cc1ccc(Br)c(C(=O)N2CCCc3ccccc32)c1)S(=O)(=O)c1ccc(Br)cc1. The van der Waals surface area contributed by atoms with Gasteiger partial charge in [0.15, 0.2) is 0 Å². The summed E-state index contributed by atoms with van der Waals surface area (Å²) in [5, 5.41) is 0. The van der Waals surface area contributed by atoms with E-state index in [-0.39, 0.29) is 17.3 Å². The molecule has 1 aliphatic heterocycles. The van der Waals surface area contributed by atoms with E-state index >= 15 is 0 Å². The van der Waals surface area contributed by atoms with Crippen molar-refractivity contribution in [1.82, 2.24) is 4.31 Å². The zero-order chi connectivity index (χ0) is 22.9. The Bertz CT molecular complexity index is 1260. The zero-order valence-corrected chi connectivity index (χ0v) is 21.5. The van der Waals surface area contributed by atoms with Gasteiger partial charge in [0.1, 0.15) is 0 Å². The Balaban J connectivity index is 1.59. The standard InChI is InChI=1S/C24H22Br2N2O3S/c1-27(32(30,31)20-11-9-19(25)10-12-20)16-17-8-13-22(26)21(15-17)24(29)28-14-4-6-18-5-2-3-7-23(18)28/h2-3,5,7-13,15H,4,6,14,16H2,1H3. The second kappa shape index (κ2) is 9.47. The predicted molar refractivity (Wildman–Crippen MR) is 133 cm³/mol. The average molecular weight is 578 g/mol. The highest BCUT2D eigenvalue weighted by Gasteiger charge is 2.26. The molecule has 3 aromatic carbocycles. The number of halogens is 2. The van der Waals surface area contributed by atoms with Gasteiger partial charge in [0, 0.05) is 34.8 Å². The lowest BCUT2D eigenvalue weighted by Crippen LogP contribution is -2.35. The number of fused-ring (bicyclic) bond motifs is 1. The van der Waals surface area contributed by atoms with E-state index in [0.29, 0.717) is 16.6 Å². The Kier molecular flexibility index (Phi) is 6.86. The second-order valence-corrected chi connectivity index (χ2v) is 11.5. The fraction of sp³-hybridized carbons (Fsp3) is 0.208. The van der Waals surface area contributed by atoms with Gasteiger partial charge in [-0.2, -0.15) is 4.31 Å². The number of para-hydroxylation sites is 1. The van der Waals surface area contributed by atoms with Crippen molar-refractivity contribution in [3.8, 4) is 0 Å². The monoisotopic (exact) mass is 576 g/mol. The highest BCUT2D eigenvalue weighted by atomic mass is 79.9. The largest absolute Gasteiger partial charge is 0.308 e. The molecule has 32 heavy (non-hydrogen) atoms. The van der Waals surface area contributed by atoms with Crippen LogP contribution in [0, 0.1) is 0 Å². The molecule has 166 valence electrons. The maximum absolute atomic E-state index is 13.4. The van der Waals surface area contributed by atoms with Crippen LogP contribution >= 0.6 is 31.9 Å². The molecule has 4 rings (SSSR count). The Morgan fingerprint density at radius 1 is 1.03 bits per heavy atom. The van der Waals surface area contributed by atoms with Crippen LogP contribution in [-0.4, -0.2) is 32.2 Å². The van der Waals surface area contributed by atoms with Gasteiger partial charge in [-0.05, 0) is 82.4 Å². The van der Waals surface area contributed by atoms with Crippen molar-refractivity contribution in [3.05, 3.63) is 92.4 Å². The Hall–Kier alpha value is -2.00. The molecular weight excluding hydrogens is 556 g/mol. The number of benzene rings is 3. The third kappa shape index (κ3) is 4.69. The summed E-state index contributed by atoms with van der Waals surface area (Å²) in [5.74, 6) is -0.0932. The van der Waals surface area contributed by atoms with E-state index in [2.05, 4.69) is 37.9 Å². The van der Waals surface area contributed by atoms with Crippen LogP contribution in [0.2, 0.25) is 0 Å². The van der Waals surface area contributed by atoms with E-state index < -0.39 is 10.0 Å². The minimum atomic E-state index is -3.65. The van der Waals surface area contributed by atoms with Gasteiger partial charge in [-0.1, -0.05) is 40.2 Å². The van der Waals surface area contributed by atoms with E-state index in [1.165, 1.54) is 9.87 Å². The van der Waals surface area contributed by atoms with E-state index in [1.807, 2.05) is 29.2 Å². The number of hydrogen-bond acceptors (Lipinski definition) is 3. The number of rotatable bonds is 5. The fourth-order valence-corrected chi connectivity index (χ4v) is 5.69. The van der Waals surface area contributed by atoms with Crippen molar-refractivity contribution in [2.75, 3.05) is 18.5 Å². The van der Waals surface area contributed by atoms with Crippen LogP contribution in [0.15, 0.2) is 80.6 Å². The molecule has 1 heterocycles. The number of amides is 1. The average Bonchev–Trinajstić information content (AvgIpc) is 2.79. The smallest absolute Gasteiger partial charge is 0.259 e. The molecule has 5 nitrogen and oxygen atoms in total. The normalized spacial score (nSPS) is 13.8. The van der Waals surface area contributed by atoms with Gasteiger partial charge in [-0.25, -0.2) is 8.42 Å². The summed E-state index contributed by atoms with van der Waals surface area (Å²) in [6.45, 7) is 0.812. The molecule has 0 radical (unpaired) electrons. The van der Waals surface area contributed by atoms with E-state index in [9.17, 15) is 13.2 Å². The first-order chi connectivity index (χ1) is 15.3. The second-order valence-electron chi connectivity index (χ2n) is 7.72. The highest BCUT2D eigenvalue weighted by Crippen LogP contribution is 2.30. The van der Waals surface area contributed by atoms with Crippen molar-refractivity contribution in [2.45, 2.75) is 24.3 Å². The molecule has 0 unspecified atom stereocenters. The van der Waals surface area contributed by atoms with Gasteiger partial charge in [0.25, 0.3) is 5.91 Å². The summed E-state index contributed by atoms with van der Waals surface area (Å²) in [5.41, 5.74) is 3.37. The van der Waals surface area contributed by atoms with Crippen molar-refractivity contribution in [3.63, 3.8) is 0 Å². The summed E-state index contributed by atoms with van der Waals surface area (Å²) in [6.07, 6.45) is 1.87. The van der Waals surface area contributed by atoms with E-state index in [1.54, 1.807) is 43.4 Å². The summed E-state index contributed by atoms with van der Waals surface area (Å²) in [6, 6.07) is 19.9. The van der Waals surface area contributed by atoms with Crippen LogP contribution in [0.25, 0.3) is 0 Å². The van der Waals surface area contributed by atoms with Crippen LogP contribution in [0.5, 0.6) is 0 Å². The first kappa shape index (κ1) is 23.2. The number of aryl methyl sites for hydroxylation is 1. The Labute approximate surface area is 205 Å². The first-order valence-electron chi connectivity index (χ1n) is 10.2. The van der Waals surface area contributed by atoms with Gasteiger partial charge in [-0.15, -0.1) is 0 Å². The lowest BCUT2D eigenvalue weighted by Gasteiger charge is -2.30. The molecule has 8 heteroatoms. The number of sulfonamides is 1. The van der Waals surface area contributed by atoms with E-state index in [0.717, 1.165) is 28.6 Å². The quantitative estimate of drug-likeness (QED) is 0.395. The fourth-order valence-electron chi connectivity index (χ4n) is 3.85. The summed E-state index contributed by atoms with van der Waals surface area (Å²) < 4.78 is 28.7. The lowest BCUT2D eigenvalue weighted by molar-refractivity contribution is 0.0984. The minimum absolute atomic E-state index is 0.0932. The van der Waals surface area contributed by atoms with Crippen LogP contribution in [0.3, 0.4) is 0 Å². The van der Waals surface area contributed by atoms with Gasteiger partial charge >= 0.3 is 0 Å². The van der Waals surface area contributed by atoms with Crippen molar-refractivity contribution >= 4 is 53.5 Å². The molecule has 1 amide bonds. The number of hydrogen-bond donors (Lipinski definition) is 0. The molecule has 1 aliphatic rings. The Morgan fingerprint density at radius 2 is 1.75 bits per heavy atom. The summed E-state index contributed by atoms with van der Waals surface area (Å²) in [4.78, 5) is 15.5. The molecule has 0 spiro atoms. The third-order valence-electron chi connectivity index (χ3n) is 5.54. The lowest BCUT2D eigenvalue weighted by atomic mass is 10.0. The van der Waals surface area contributed by atoms with Crippen LogP contribution in [0.1, 0.15) is 27.9 Å². The Morgan fingerprint density at radius 3 is 2.50 bits per heavy atom. The summed E-state index contributed by atoms with van der Waals surface area (Å²) in [7, 11) is -2.11. The number of nitrogens with zero attached hydrogens (tertiary/aromatic N) is 2. The van der Waals surface area contributed by atoms with Crippen LogP contribution < -0.4 is 4.90 Å². The van der Waals surface area contributed by atoms with Crippen LogP contribution in [-0.2, 0) is 23.0 Å². The van der Waals surface area contributed by atoms with Crippen molar-refractivity contribution < 1.29 is 13.2 Å².